The minimum Gasteiger partial charge on any atom is -0.478 e. The lowest BCUT2D eigenvalue weighted by Gasteiger charge is -2.13. The molecule has 16 heavy (non-hydrogen) atoms. The highest BCUT2D eigenvalue weighted by molar-refractivity contribution is 9.10. The predicted molar refractivity (Wildman–Crippen MR) is 62.0 cm³/mol. The molecule has 0 aliphatic rings. The van der Waals surface area contributed by atoms with Crippen LogP contribution in [0.3, 0.4) is 0 Å². The van der Waals surface area contributed by atoms with Crippen LogP contribution >= 0.6 is 15.9 Å². The third-order valence-corrected chi connectivity index (χ3v) is 4.75. The van der Waals surface area contributed by atoms with E-state index in [0.717, 1.165) is 10.4 Å². The van der Waals surface area contributed by atoms with Crippen LogP contribution in [0.5, 0.6) is 0 Å². The molecule has 7 heteroatoms. The van der Waals surface area contributed by atoms with Crippen molar-refractivity contribution in [1.82, 2.24) is 4.31 Å². The molecule has 1 aromatic carbocycles. The topological polar surface area (TPSA) is 74.7 Å². The number of carbonyl (C=O) groups is 1. The van der Waals surface area contributed by atoms with Gasteiger partial charge < -0.3 is 5.11 Å². The van der Waals surface area contributed by atoms with Crippen LogP contribution in [-0.4, -0.2) is 37.9 Å². The van der Waals surface area contributed by atoms with Gasteiger partial charge in [0.15, 0.2) is 0 Å². The van der Waals surface area contributed by atoms with Gasteiger partial charge in [0.05, 0.1) is 10.5 Å². The number of halogens is 1. The van der Waals surface area contributed by atoms with Crippen molar-refractivity contribution >= 4 is 31.9 Å². The van der Waals surface area contributed by atoms with Crippen LogP contribution in [-0.2, 0) is 10.0 Å². The lowest BCUT2D eigenvalue weighted by molar-refractivity contribution is 0.0696. The Morgan fingerprint density at radius 2 is 1.94 bits per heavy atom. The summed E-state index contributed by atoms with van der Waals surface area (Å²) in [7, 11) is -0.872. The Morgan fingerprint density at radius 3 is 2.38 bits per heavy atom. The number of hydrogen-bond acceptors (Lipinski definition) is 3. The number of rotatable bonds is 3. The molecule has 0 saturated heterocycles. The monoisotopic (exact) mass is 307 g/mol. The van der Waals surface area contributed by atoms with Crippen LogP contribution in [0.15, 0.2) is 27.6 Å². The number of carboxylic acid groups (broad SMARTS) is 1. The third kappa shape index (κ3) is 2.42. The van der Waals surface area contributed by atoms with E-state index in [1.807, 2.05) is 0 Å². The second kappa shape index (κ2) is 4.52. The second-order valence-electron chi connectivity index (χ2n) is 3.24. The van der Waals surface area contributed by atoms with Gasteiger partial charge in [-0.25, -0.2) is 17.5 Å². The number of carboxylic acids is 1. The molecule has 0 saturated carbocycles. The van der Waals surface area contributed by atoms with E-state index in [4.69, 9.17) is 5.11 Å². The second-order valence-corrected chi connectivity index (χ2v) is 6.21. The highest BCUT2D eigenvalue weighted by Gasteiger charge is 2.21. The van der Waals surface area contributed by atoms with Crippen LogP contribution in [0.25, 0.3) is 0 Å². The lowest BCUT2D eigenvalue weighted by atomic mass is 10.2. The van der Waals surface area contributed by atoms with Crippen LogP contribution in [0.1, 0.15) is 10.4 Å². The highest BCUT2D eigenvalue weighted by atomic mass is 79.9. The molecule has 0 bridgehead atoms. The molecule has 0 amide bonds. The summed E-state index contributed by atoms with van der Waals surface area (Å²) in [6.07, 6.45) is 0. The molecular weight excluding hydrogens is 298 g/mol. The fourth-order valence-electron chi connectivity index (χ4n) is 1.03. The number of aromatic carboxylic acids is 1. The molecule has 0 aromatic heterocycles. The Hall–Kier alpha value is -0.920. The number of hydrogen-bond donors (Lipinski definition) is 1. The van der Waals surface area contributed by atoms with Crippen molar-refractivity contribution in [2.24, 2.45) is 0 Å². The maximum atomic E-state index is 11.8. The summed E-state index contributed by atoms with van der Waals surface area (Å²) in [5, 5.41) is 8.78. The van der Waals surface area contributed by atoms with Crippen molar-refractivity contribution in [1.29, 1.82) is 0 Å². The molecule has 0 radical (unpaired) electrons. The minimum atomic E-state index is -3.64. The summed E-state index contributed by atoms with van der Waals surface area (Å²) in [5.74, 6) is -1.16. The van der Waals surface area contributed by atoms with Gasteiger partial charge in [0, 0.05) is 18.6 Å². The zero-order chi connectivity index (χ0) is 12.5. The predicted octanol–water partition coefficient (Wildman–Crippen LogP) is 1.40. The molecule has 0 aliphatic carbocycles. The average molecular weight is 308 g/mol. The van der Waals surface area contributed by atoms with E-state index in [0.29, 0.717) is 4.47 Å². The zero-order valence-electron chi connectivity index (χ0n) is 8.64. The summed E-state index contributed by atoms with van der Waals surface area (Å²) in [5.41, 5.74) is -0.0661. The molecule has 0 atom stereocenters. The quantitative estimate of drug-likeness (QED) is 0.916. The van der Waals surface area contributed by atoms with Gasteiger partial charge in [0.2, 0.25) is 10.0 Å². The smallest absolute Gasteiger partial charge is 0.335 e. The Kier molecular flexibility index (Phi) is 3.72. The van der Waals surface area contributed by atoms with E-state index in [2.05, 4.69) is 15.9 Å². The van der Waals surface area contributed by atoms with E-state index in [1.54, 1.807) is 0 Å². The summed E-state index contributed by atoms with van der Waals surface area (Å²) in [4.78, 5) is 10.7. The van der Waals surface area contributed by atoms with E-state index < -0.39 is 16.0 Å². The number of nitrogens with zero attached hydrogens (tertiary/aromatic N) is 1. The van der Waals surface area contributed by atoms with Crippen LogP contribution in [0.2, 0.25) is 0 Å². The summed E-state index contributed by atoms with van der Waals surface area (Å²) in [6.45, 7) is 0. The molecule has 1 aromatic rings. The third-order valence-electron chi connectivity index (χ3n) is 1.94. The van der Waals surface area contributed by atoms with Gasteiger partial charge in [0.1, 0.15) is 0 Å². The Labute approximate surface area is 102 Å². The van der Waals surface area contributed by atoms with Gasteiger partial charge in [-0.3, -0.25) is 0 Å². The van der Waals surface area contributed by atoms with Crippen LogP contribution in [0, 0.1) is 0 Å². The van der Waals surface area contributed by atoms with E-state index in [-0.39, 0.29) is 10.5 Å². The molecular formula is C9H10BrNO4S. The summed E-state index contributed by atoms with van der Waals surface area (Å²) in [6, 6.07) is 3.86. The standard InChI is InChI=1S/C9H10BrNO4S/c1-11(2)16(14,15)8-5-6(9(12)13)3-4-7(8)10/h3-5H,1-2H3,(H,12,13). The fourth-order valence-corrected chi connectivity index (χ4v) is 2.87. The molecule has 1 rings (SSSR count). The van der Waals surface area contributed by atoms with Crippen molar-refractivity contribution in [3.63, 3.8) is 0 Å². The van der Waals surface area contributed by atoms with Gasteiger partial charge in [-0.15, -0.1) is 0 Å². The lowest BCUT2D eigenvalue weighted by Crippen LogP contribution is -2.23. The largest absolute Gasteiger partial charge is 0.478 e. The van der Waals surface area contributed by atoms with E-state index in [1.165, 1.54) is 26.2 Å². The van der Waals surface area contributed by atoms with Gasteiger partial charge >= 0.3 is 5.97 Å². The zero-order valence-corrected chi connectivity index (χ0v) is 11.0. The molecule has 1 N–H and O–H groups in total. The van der Waals surface area contributed by atoms with Crippen molar-refractivity contribution < 1.29 is 18.3 Å². The Balaban J connectivity index is 3.45. The maximum absolute atomic E-state index is 11.8. The highest BCUT2D eigenvalue weighted by Crippen LogP contribution is 2.25. The first-order valence-corrected chi connectivity index (χ1v) is 6.45. The van der Waals surface area contributed by atoms with Gasteiger partial charge in [-0.1, -0.05) is 0 Å². The molecule has 5 nitrogen and oxygen atoms in total. The molecule has 0 spiro atoms. The number of sulfonamides is 1. The first-order chi connectivity index (χ1) is 7.26. The Bertz CT molecular complexity index is 524. The fraction of sp³-hybridized carbons (Fsp3) is 0.222. The van der Waals surface area contributed by atoms with E-state index >= 15 is 0 Å². The minimum absolute atomic E-state index is 0.0580. The van der Waals surface area contributed by atoms with Gasteiger partial charge in [-0.2, -0.15) is 0 Å². The first-order valence-electron chi connectivity index (χ1n) is 4.22. The van der Waals surface area contributed by atoms with Crippen LogP contribution < -0.4 is 0 Å². The van der Waals surface area contributed by atoms with Gasteiger partial charge in [-0.05, 0) is 34.1 Å². The maximum Gasteiger partial charge on any atom is 0.335 e. The molecule has 88 valence electrons. The van der Waals surface area contributed by atoms with Crippen molar-refractivity contribution in [3.05, 3.63) is 28.2 Å². The van der Waals surface area contributed by atoms with Crippen molar-refractivity contribution in [2.45, 2.75) is 4.90 Å². The first kappa shape index (κ1) is 13.1. The van der Waals surface area contributed by atoms with Crippen LogP contribution in [0.4, 0.5) is 0 Å². The normalized spacial score (nSPS) is 11.8. The van der Waals surface area contributed by atoms with Crippen molar-refractivity contribution in [2.75, 3.05) is 14.1 Å². The molecule has 0 heterocycles. The molecule has 0 fully saturated rings. The SMILES string of the molecule is CN(C)S(=O)(=O)c1cc(C(=O)O)ccc1Br. The Morgan fingerprint density at radius 1 is 1.38 bits per heavy atom. The van der Waals surface area contributed by atoms with Crippen molar-refractivity contribution in [3.8, 4) is 0 Å². The average Bonchev–Trinajstić information content (AvgIpc) is 2.17. The molecule has 0 unspecified atom stereocenters. The summed E-state index contributed by atoms with van der Waals surface area (Å²) < 4.78 is 25.0. The van der Waals surface area contributed by atoms with E-state index in [9.17, 15) is 13.2 Å². The number of benzene rings is 1. The van der Waals surface area contributed by atoms with Gasteiger partial charge in [0.25, 0.3) is 0 Å². The summed E-state index contributed by atoms with van der Waals surface area (Å²) >= 11 is 3.08. The molecule has 0 aliphatic heterocycles.